The second-order valence-corrected chi connectivity index (χ2v) is 7.47. The van der Waals surface area contributed by atoms with Crippen LogP contribution in [0.1, 0.15) is 27.1 Å². The molecule has 0 aliphatic carbocycles. The highest BCUT2D eigenvalue weighted by Gasteiger charge is 2.18. The average Bonchev–Trinajstić information content (AvgIpc) is 3.03. The molecule has 0 spiro atoms. The maximum Gasteiger partial charge on any atom is 0.261 e. The first-order valence-electron chi connectivity index (χ1n) is 9.62. The summed E-state index contributed by atoms with van der Waals surface area (Å²) in [5.41, 5.74) is 1.11. The lowest BCUT2D eigenvalue weighted by molar-refractivity contribution is 0.0741. The lowest BCUT2D eigenvalue weighted by Crippen LogP contribution is -2.33. The van der Waals surface area contributed by atoms with Crippen molar-refractivity contribution in [1.29, 1.82) is 0 Å². The second kappa shape index (κ2) is 8.69. The van der Waals surface area contributed by atoms with Gasteiger partial charge in [-0.2, -0.15) is 0 Å². The molecule has 0 radical (unpaired) electrons. The predicted molar refractivity (Wildman–Crippen MR) is 115 cm³/mol. The molecule has 2 heterocycles. The van der Waals surface area contributed by atoms with Gasteiger partial charge in [-0.1, -0.05) is 11.6 Å². The molecule has 2 aromatic carbocycles. The predicted octanol–water partition coefficient (Wildman–Crippen LogP) is 3.30. The van der Waals surface area contributed by atoms with E-state index < -0.39 is 11.5 Å². The molecule has 0 atom stereocenters. The Labute approximate surface area is 177 Å². The quantitative estimate of drug-likeness (QED) is 0.673. The second-order valence-electron chi connectivity index (χ2n) is 7.03. The summed E-state index contributed by atoms with van der Waals surface area (Å²) in [6.45, 7) is 2.42. The van der Waals surface area contributed by atoms with Gasteiger partial charge in [0.15, 0.2) is 0 Å². The number of aromatic amines is 1. The van der Waals surface area contributed by atoms with Gasteiger partial charge in [0.1, 0.15) is 5.56 Å². The fourth-order valence-electron chi connectivity index (χ4n) is 3.37. The summed E-state index contributed by atoms with van der Waals surface area (Å²) in [6, 6.07) is 13.2. The number of H-pyrrole nitrogens is 1. The highest BCUT2D eigenvalue weighted by Crippen LogP contribution is 2.18. The van der Waals surface area contributed by atoms with E-state index in [0.29, 0.717) is 53.5 Å². The van der Waals surface area contributed by atoms with Crippen molar-refractivity contribution in [2.75, 3.05) is 31.6 Å². The summed E-state index contributed by atoms with van der Waals surface area (Å²) >= 11 is 6.00. The lowest BCUT2D eigenvalue weighted by Gasteiger charge is -2.19. The Morgan fingerprint density at radius 3 is 2.63 bits per heavy atom. The van der Waals surface area contributed by atoms with E-state index in [2.05, 4.69) is 10.3 Å². The molecule has 2 N–H and O–H groups in total. The Morgan fingerprint density at radius 1 is 1.03 bits per heavy atom. The molecule has 1 aromatic heterocycles. The van der Waals surface area contributed by atoms with Crippen LogP contribution in [0, 0.1) is 0 Å². The molecule has 8 heteroatoms. The minimum atomic E-state index is -0.540. The van der Waals surface area contributed by atoms with Crippen molar-refractivity contribution in [3.05, 3.63) is 75.0 Å². The van der Waals surface area contributed by atoms with Crippen LogP contribution in [0.5, 0.6) is 0 Å². The van der Waals surface area contributed by atoms with Crippen LogP contribution >= 0.6 is 11.6 Å². The van der Waals surface area contributed by atoms with E-state index in [0.717, 1.165) is 6.42 Å². The first kappa shape index (κ1) is 20.1. The average molecular weight is 426 g/mol. The van der Waals surface area contributed by atoms with Gasteiger partial charge in [-0.25, -0.2) is 0 Å². The molecule has 0 bridgehead atoms. The summed E-state index contributed by atoms with van der Waals surface area (Å²) in [7, 11) is 0. The smallest absolute Gasteiger partial charge is 0.261 e. The molecule has 7 nitrogen and oxygen atoms in total. The maximum atomic E-state index is 12.6. The monoisotopic (exact) mass is 425 g/mol. The number of anilines is 1. The number of pyridine rings is 1. The number of halogens is 1. The van der Waals surface area contributed by atoms with E-state index in [-0.39, 0.29) is 11.5 Å². The molecule has 0 unspecified atom stereocenters. The van der Waals surface area contributed by atoms with Crippen LogP contribution in [-0.2, 0) is 4.74 Å². The first-order chi connectivity index (χ1) is 14.5. The van der Waals surface area contributed by atoms with Gasteiger partial charge in [-0.05, 0) is 55.0 Å². The van der Waals surface area contributed by atoms with Crippen LogP contribution in [0.25, 0.3) is 10.9 Å². The van der Waals surface area contributed by atoms with Crippen LogP contribution in [-0.4, -0.2) is 48.0 Å². The molecule has 1 aliphatic heterocycles. The Hall–Kier alpha value is -3.16. The highest BCUT2D eigenvalue weighted by molar-refractivity contribution is 6.31. The van der Waals surface area contributed by atoms with Crippen molar-refractivity contribution < 1.29 is 14.3 Å². The number of aromatic nitrogens is 1. The number of ether oxygens (including phenoxy) is 1. The number of benzene rings is 2. The van der Waals surface area contributed by atoms with Crippen molar-refractivity contribution in [3.63, 3.8) is 0 Å². The number of amides is 2. The van der Waals surface area contributed by atoms with Crippen LogP contribution < -0.4 is 10.9 Å². The van der Waals surface area contributed by atoms with E-state index in [1.165, 1.54) is 6.07 Å². The van der Waals surface area contributed by atoms with Crippen molar-refractivity contribution in [1.82, 2.24) is 9.88 Å². The molecule has 30 heavy (non-hydrogen) atoms. The fraction of sp³-hybridized carbons (Fsp3) is 0.227. The van der Waals surface area contributed by atoms with Gasteiger partial charge >= 0.3 is 0 Å². The zero-order valence-corrected chi connectivity index (χ0v) is 16.9. The highest BCUT2D eigenvalue weighted by atomic mass is 35.5. The van der Waals surface area contributed by atoms with E-state index in [9.17, 15) is 14.4 Å². The topological polar surface area (TPSA) is 91.5 Å². The van der Waals surface area contributed by atoms with Gasteiger partial charge < -0.3 is 19.9 Å². The number of hydrogen-bond acceptors (Lipinski definition) is 4. The lowest BCUT2D eigenvalue weighted by atomic mass is 10.1. The number of carbonyl (C=O) groups is 2. The van der Waals surface area contributed by atoms with E-state index in [1.807, 2.05) is 0 Å². The molecule has 1 aliphatic rings. The SMILES string of the molecule is O=C(Nc1ccc(C(=O)N2CCCOCC2)cc1)c1cc2cc(Cl)ccc2[nH]c1=O. The minimum Gasteiger partial charge on any atom is -0.380 e. The standard InChI is InChI=1S/C22H20ClN3O4/c23-16-4-7-19-15(12-16)13-18(21(28)25-19)20(27)24-17-5-2-14(3-6-17)22(29)26-8-1-10-30-11-9-26/h2-7,12-13H,1,8-11H2,(H,24,27)(H,25,28). The maximum absolute atomic E-state index is 12.6. The molecule has 4 rings (SSSR count). The molecular weight excluding hydrogens is 406 g/mol. The first-order valence-corrected chi connectivity index (χ1v) is 10.00. The van der Waals surface area contributed by atoms with E-state index in [1.54, 1.807) is 47.4 Å². The Bertz CT molecular complexity index is 1150. The number of nitrogens with one attached hydrogen (secondary N) is 2. The van der Waals surface area contributed by atoms with Crippen molar-refractivity contribution in [3.8, 4) is 0 Å². The zero-order chi connectivity index (χ0) is 21.1. The van der Waals surface area contributed by atoms with Crippen molar-refractivity contribution in [2.45, 2.75) is 6.42 Å². The minimum absolute atomic E-state index is 0.0190. The van der Waals surface area contributed by atoms with E-state index >= 15 is 0 Å². The van der Waals surface area contributed by atoms with Crippen LogP contribution in [0.15, 0.2) is 53.3 Å². The normalized spacial score (nSPS) is 14.4. The third-order valence-corrected chi connectivity index (χ3v) is 5.19. The molecule has 0 saturated carbocycles. The summed E-state index contributed by atoms with van der Waals surface area (Å²) in [4.78, 5) is 42.0. The van der Waals surface area contributed by atoms with Gasteiger partial charge in [0.2, 0.25) is 0 Å². The molecule has 1 fully saturated rings. The number of carbonyl (C=O) groups excluding carboxylic acids is 2. The summed E-state index contributed by atoms with van der Waals surface area (Å²) < 4.78 is 5.38. The van der Waals surface area contributed by atoms with Crippen molar-refractivity contribution in [2.24, 2.45) is 0 Å². The van der Waals surface area contributed by atoms with Crippen LogP contribution in [0.2, 0.25) is 5.02 Å². The fourth-order valence-corrected chi connectivity index (χ4v) is 3.55. The van der Waals surface area contributed by atoms with Gasteiger partial charge in [0.05, 0.1) is 6.61 Å². The number of fused-ring (bicyclic) bond motifs is 1. The third kappa shape index (κ3) is 4.37. The van der Waals surface area contributed by atoms with Crippen LogP contribution in [0.4, 0.5) is 5.69 Å². The third-order valence-electron chi connectivity index (χ3n) is 4.95. The molecule has 2 amide bonds. The van der Waals surface area contributed by atoms with Gasteiger partial charge in [-0.15, -0.1) is 0 Å². The van der Waals surface area contributed by atoms with Crippen LogP contribution in [0.3, 0.4) is 0 Å². The van der Waals surface area contributed by atoms with Gasteiger partial charge in [-0.3, -0.25) is 14.4 Å². The van der Waals surface area contributed by atoms with Crippen molar-refractivity contribution >= 4 is 40.0 Å². The Balaban J connectivity index is 1.50. The molecular formula is C22H20ClN3O4. The number of nitrogens with zero attached hydrogens (tertiary/aromatic N) is 1. The molecule has 1 saturated heterocycles. The summed E-state index contributed by atoms with van der Waals surface area (Å²) in [5.74, 6) is -0.608. The summed E-state index contributed by atoms with van der Waals surface area (Å²) in [5, 5.41) is 3.87. The molecule has 3 aromatic rings. The Morgan fingerprint density at radius 2 is 1.83 bits per heavy atom. The number of rotatable bonds is 3. The Kier molecular flexibility index (Phi) is 5.83. The summed E-state index contributed by atoms with van der Waals surface area (Å²) in [6.07, 6.45) is 0.811. The molecule has 154 valence electrons. The van der Waals surface area contributed by atoms with E-state index in [4.69, 9.17) is 16.3 Å². The largest absolute Gasteiger partial charge is 0.380 e. The van der Waals surface area contributed by atoms with Gasteiger partial charge in [0, 0.05) is 46.9 Å². The van der Waals surface area contributed by atoms with Gasteiger partial charge in [0.25, 0.3) is 17.4 Å². The zero-order valence-electron chi connectivity index (χ0n) is 16.1. The number of hydrogen-bond donors (Lipinski definition) is 2.